The topological polar surface area (TPSA) is 56.7 Å². The maximum Gasteiger partial charge on any atom is 0.310 e. The Morgan fingerprint density at radius 2 is 2.00 bits per heavy atom. The minimum absolute atomic E-state index is 0.336. The summed E-state index contributed by atoms with van der Waals surface area (Å²) in [6.45, 7) is 8.23. The molecule has 0 radical (unpaired) electrons. The smallest absolute Gasteiger partial charge is 0.310 e. The molecule has 1 aliphatic rings. The van der Waals surface area contributed by atoms with Crippen molar-refractivity contribution in [3.05, 3.63) is 35.2 Å². The highest BCUT2D eigenvalue weighted by molar-refractivity contribution is 7.14. The molecular formula is C20H27N3O2S. The zero-order valence-electron chi connectivity index (χ0n) is 15.7. The van der Waals surface area contributed by atoms with E-state index in [-0.39, 0.29) is 0 Å². The molecule has 1 unspecified atom stereocenters. The molecule has 5 nitrogen and oxygen atoms in total. The molecule has 0 aliphatic carbocycles. The van der Waals surface area contributed by atoms with Crippen LogP contribution in [0.3, 0.4) is 0 Å². The molecule has 26 heavy (non-hydrogen) atoms. The Kier molecular flexibility index (Phi) is 5.94. The van der Waals surface area contributed by atoms with E-state index in [0.29, 0.717) is 12.3 Å². The molecule has 2 heterocycles. The van der Waals surface area contributed by atoms with E-state index < -0.39 is 11.9 Å². The second-order valence-corrected chi connectivity index (χ2v) is 8.29. The number of carbonyl (C=O) groups is 1. The van der Waals surface area contributed by atoms with Gasteiger partial charge in [0.2, 0.25) is 0 Å². The van der Waals surface area contributed by atoms with Crippen LogP contribution in [0.15, 0.2) is 29.6 Å². The molecule has 1 fully saturated rings. The van der Waals surface area contributed by atoms with Gasteiger partial charge in [-0.2, -0.15) is 0 Å². The number of anilines is 1. The van der Waals surface area contributed by atoms with Crippen LogP contribution in [0.25, 0.3) is 11.3 Å². The standard InChI is InChI=1S/C20H27N3O2S/c1-14(2)11-17(19(24)25)15-5-4-6-16(12-15)18-13-26-20(21-18)23-9-7-22(3)8-10-23/h4-6,12-14,17H,7-11H2,1-3H3,(H,24,25). The maximum absolute atomic E-state index is 11.7. The third-order valence-electron chi connectivity index (χ3n) is 4.86. The van der Waals surface area contributed by atoms with Crippen LogP contribution in [0.2, 0.25) is 0 Å². The SMILES string of the molecule is CC(C)CC(C(=O)O)c1cccc(-c2csc(N3CCN(C)CC3)n2)c1. The minimum atomic E-state index is -0.757. The summed E-state index contributed by atoms with van der Waals surface area (Å²) in [5, 5.41) is 12.7. The molecule has 2 aromatic rings. The van der Waals surface area contributed by atoms with E-state index >= 15 is 0 Å². The highest BCUT2D eigenvalue weighted by atomic mass is 32.1. The number of benzene rings is 1. The van der Waals surface area contributed by atoms with Crippen LogP contribution in [-0.2, 0) is 4.79 Å². The van der Waals surface area contributed by atoms with Crippen molar-refractivity contribution < 1.29 is 9.90 Å². The number of hydrogen-bond donors (Lipinski definition) is 1. The van der Waals surface area contributed by atoms with Crippen LogP contribution >= 0.6 is 11.3 Å². The highest BCUT2D eigenvalue weighted by Gasteiger charge is 2.22. The van der Waals surface area contributed by atoms with E-state index in [4.69, 9.17) is 4.98 Å². The Bertz CT molecular complexity index is 751. The zero-order valence-corrected chi connectivity index (χ0v) is 16.5. The minimum Gasteiger partial charge on any atom is -0.481 e. The molecule has 0 bridgehead atoms. The van der Waals surface area contributed by atoms with Crippen LogP contribution in [-0.4, -0.2) is 54.2 Å². The maximum atomic E-state index is 11.7. The van der Waals surface area contributed by atoms with Gasteiger partial charge in [-0.25, -0.2) is 4.98 Å². The van der Waals surface area contributed by atoms with Gasteiger partial charge in [0.25, 0.3) is 0 Å². The third-order valence-corrected chi connectivity index (χ3v) is 5.76. The van der Waals surface area contributed by atoms with Crippen LogP contribution in [0.4, 0.5) is 5.13 Å². The number of thiazole rings is 1. The number of likely N-dealkylation sites (N-methyl/N-ethyl adjacent to an activating group) is 1. The molecule has 0 spiro atoms. The van der Waals surface area contributed by atoms with Gasteiger partial charge in [-0.3, -0.25) is 4.79 Å². The molecule has 1 aliphatic heterocycles. The van der Waals surface area contributed by atoms with E-state index in [1.54, 1.807) is 11.3 Å². The normalized spacial score (nSPS) is 16.8. The largest absolute Gasteiger partial charge is 0.481 e. The number of hydrogen-bond acceptors (Lipinski definition) is 5. The van der Waals surface area contributed by atoms with Crippen LogP contribution in [0.1, 0.15) is 31.7 Å². The van der Waals surface area contributed by atoms with Crippen molar-refractivity contribution in [2.24, 2.45) is 5.92 Å². The fraction of sp³-hybridized carbons (Fsp3) is 0.500. The van der Waals surface area contributed by atoms with Gasteiger partial charge in [0.05, 0.1) is 11.6 Å². The number of nitrogens with zero attached hydrogens (tertiary/aromatic N) is 3. The Morgan fingerprint density at radius 1 is 1.27 bits per heavy atom. The van der Waals surface area contributed by atoms with Crippen LogP contribution < -0.4 is 4.90 Å². The van der Waals surface area contributed by atoms with Crippen molar-refractivity contribution >= 4 is 22.4 Å². The van der Waals surface area contributed by atoms with Crippen molar-refractivity contribution in [2.45, 2.75) is 26.2 Å². The van der Waals surface area contributed by atoms with E-state index in [1.807, 2.05) is 24.3 Å². The molecule has 1 N–H and O–H groups in total. The molecule has 3 rings (SSSR count). The number of aromatic nitrogens is 1. The molecule has 1 aromatic heterocycles. The quantitative estimate of drug-likeness (QED) is 0.835. The average molecular weight is 374 g/mol. The molecule has 140 valence electrons. The average Bonchev–Trinajstić information content (AvgIpc) is 3.10. The Labute approximate surface area is 159 Å². The fourth-order valence-corrected chi connectivity index (χ4v) is 4.19. The molecule has 0 saturated carbocycles. The number of piperazine rings is 1. The highest BCUT2D eigenvalue weighted by Crippen LogP contribution is 2.31. The van der Waals surface area contributed by atoms with Gasteiger partial charge >= 0.3 is 5.97 Å². The Hall–Kier alpha value is -1.92. The summed E-state index contributed by atoms with van der Waals surface area (Å²) in [5.74, 6) is -0.888. The van der Waals surface area contributed by atoms with Crippen molar-refractivity contribution in [1.29, 1.82) is 0 Å². The predicted octanol–water partition coefficient (Wildman–Crippen LogP) is 3.78. The number of aliphatic carboxylic acids is 1. The van der Waals surface area contributed by atoms with Gasteiger partial charge in [-0.05, 0) is 31.0 Å². The second kappa shape index (κ2) is 8.18. The van der Waals surface area contributed by atoms with Crippen LogP contribution in [0, 0.1) is 5.92 Å². The summed E-state index contributed by atoms with van der Waals surface area (Å²) in [5.41, 5.74) is 2.78. The molecular weight excluding hydrogens is 346 g/mol. The monoisotopic (exact) mass is 373 g/mol. The summed E-state index contributed by atoms with van der Waals surface area (Å²) < 4.78 is 0. The number of carboxylic acid groups (broad SMARTS) is 1. The summed E-state index contributed by atoms with van der Waals surface area (Å²) >= 11 is 1.66. The van der Waals surface area contributed by atoms with Crippen LogP contribution in [0.5, 0.6) is 0 Å². The lowest BCUT2D eigenvalue weighted by molar-refractivity contribution is -0.139. The van der Waals surface area contributed by atoms with Crippen molar-refractivity contribution in [3.8, 4) is 11.3 Å². The number of rotatable bonds is 6. The first kappa shape index (κ1) is 18.9. The summed E-state index contributed by atoms with van der Waals surface area (Å²) in [7, 11) is 2.14. The van der Waals surface area contributed by atoms with Gasteiger partial charge in [0, 0.05) is 37.1 Å². The number of carboxylic acids is 1. The van der Waals surface area contributed by atoms with Crippen molar-refractivity contribution in [2.75, 3.05) is 38.1 Å². The first-order valence-corrected chi connectivity index (χ1v) is 10.0. The molecule has 1 aromatic carbocycles. The Morgan fingerprint density at radius 3 is 2.65 bits per heavy atom. The zero-order chi connectivity index (χ0) is 18.7. The van der Waals surface area contributed by atoms with Crippen molar-refractivity contribution in [3.63, 3.8) is 0 Å². The first-order chi connectivity index (χ1) is 12.4. The molecule has 6 heteroatoms. The summed E-state index contributed by atoms with van der Waals surface area (Å²) in [4.78, 5) is 21.2. The lowest BCUT2D eigenvalue weighted by Gasteiger charge is -2.32. The van der Waals surface area contributed by atoms with E-state index in [0.717, 1.165) is 48.1 Å². The van der Waals surface area contributed by atoms with Gasteiger partial charge in [0.1, 0.15) is 0 Å². The third kappa shape index (κ3) is 4.43. The van der Waals surface area contributed by atoms with Gasteiger partial charge < -0.3 is 14.9 Å². The van der Waals surface area contributed by atoms with E-state index in [1.165, 1.54) is 0 Å². The predicted molar refractivity (Wildman–Crippen MR) is 107 cm³/mol. The van der Waals surface area contributed by atoms with Gasteiger partial charge in [-0.1, -0.05) is 32.0 Å². The summed E-state index contributed by atoms with van der Waals surface area (Å²) in [6.07, 6.45) is 0.641. The summed E-state index contributed by atoms with van der Waals surface area (Å²) in [6, 6.07) is 7.86. The van der Waals surface area contributed by atoms with E-state index in [9.17, 15) is 9.90 Å². The molecule has 1 saturated heterocycles. The second-order valence-electron chi connectivity index (χ2n) is 7.45. The molecule has 1 atom stereocenters. The first-order valence-electron chi connectivity index (χ1n) is 9.16. The van der Waals surface area contributed by atoms with E-state index in [2.05, 4.69) is 36.1 Å². The van der Waals surface area contributed by atoms with Crippen molar-refractivity contribution in [1.82, 2.24) is 9.88 Å². The lowest BCUT2D eigenvalue weighted by Crippen LogP contribution is -2.44. The molecule has 0 amide bonds. The van der Waals surface area contributed by atoms with Gasteiger partial charge in [-0.15, -0.1) is 11.3 Å². The fourth-order valence-electron chi connectivity index (χ4n) is 3.31. The lowest BCUT2D eigenvalue weighted by atomic mass is 9.89. The van der Waals surface area contributed by atoms with Gasteiger partial charge in [0.15, 0.2) is 5.13 Å². The Balaban J connectivity index is 1.81.